The van der Waals surface area contributed by atoms with Crippen LogP contribution in [0, 0.1) is 5.82 Å². The van der Waals surface area contributed by atoms with Crippen LogP contribution in [-0.2, 0) is 6.61 Å². The smallest absolute Gasteiger partial charge is 0.169 e. The van der Waals surface area contributed by atoms with Gasteiger partial charge in [-0.1, -0.05) is 30.3 Å². The van der Waals surface area contributed by atoms with Crippen molar-refractivity contribution in [2.45, 2.75) is 19.6 Å². The lowest BCUT2D eigenvalue weighted by molar-refractivity contribution is 0.198. The van der Waals surface area contributed by atoms with Crippen molar-refractivity contribution in [3.8, 4) is 5.75 Å². The zero-order chi connectivity index (χ0) is 13.8. The van der Waals surface area contributed by atoms with Crippen LogP contribution in [-0.4, -0.2) is 5.11 Å². The minimum absolute atomic E-state index is 0.160. The van der Waals surface area contributed by atoms with Gasteiger partial charge in [0.1, 0.15) is 6.61 Å². The summed E-state index contributed by atoms with van der Waals surface area (Å²) in [6.45, 7) is 1.89. The molecular formula is C15H14BrFO2. The highest BCUT2D eigenvalue weighted by Crippen LogP contribution is 2.32. The van der Waals surface area contributed by atoms with E-state index in [1.807, 2.05) is 30.3 Å². The number of aliphatic hydroxyl groups is 1. The van der Waals surface area contributed by atoms with Crippen molar-refractivity contribution < 1.29 is 14.2 Å². The minimum Gasteiger partial charge on any atom is -0.485 e. The molecule has 2 aromatic carbocycles. The van der Waals surface area contributed by atoms with Gasteiger partial charge in [-0.05, 0) is 46.1 Å². The average molecular weight is 325 g/mol. The second kappa shape index (κ2) is 6.17. The molecule has 19 heavy (non-hydrogen) atoms. The predicted molar refractivity (Wildman–Crippen MR) is 75.5 cm³/mol. The van der Waals surface area contributed by atoms with Gasteiger partial charge < -0.3 is 9.84 Å². The van der Waals surface area contributed by atoms with E-state index in [1.54, 1.807) is 13.0 Å². The molecule has 0 aliphatic carbocycles. The fraction of sp³-hybridized carbons (Fsp3) is 0.200. The lowest BCUT2D eigenvalue weighted by Gasteiger charge is -2.12. The first-order valence-corrected chi connectivity index (χ1v) is 6.71. The molecule has 0 heterocycles. The van der Waals surface area contributed by atoms with Gasteiger partial charge in [-0.25, -0.2) is 4.39 Å². The number of hydrogen-bond donors (Lipinski definition) is 1. The Labute approximate surface area is 120 Å². The van der Waals surface area contributed by atoms with E-state index in [4.69, 9.17) is 4.74 Å². The molecule has 0 spiro atoms. The minimum atomic E-state index is -0.714. The summed E-state index contributed by atoms with van der Waals surface area (Å²) in [5.74, 6) is -0.325. The number of benzene rings is 2. The molecule has 0 fully saturated rings. The van der Waals surface area contributed by atoms with E-state index in [0.717, 1.165) is 5.56 Å². The van der Waals surface area contributed by atoms with Crippen LogP contribution < -0.4 is 4.74 Å². The van der Waals surface area contributed by atoms with Crippen LogP contribution in [0.4, 0.5) is 4.39 Å². The second-order valence-electron chi connectivity index (χ2n) is 4.26. The molecule has 0 amide bonds. The first-order valence-electron chi connectivity index (χ1n) is 5.91. The van der Waals surface area contributed by atoms with E-state index in [9.17, 15) is 9.50 Å². The van der Waals surface area contributed by atoms with Crippen molar-refractivity contribution in [1.29, 1.82) is 0 Å². The predicted octanol–water partition coefficient (Wildman–Crippen LogP) is 4.22. The van der Waals surface area contributed by atoms with E-state index >= 15 is 0 Å². The molecule has 1 N–H and O–H groups in total. The van der Waals surface area contributed by atoms with E-state index in [2.05, 4.69) is 15.9 Å². The maximum absolute atomic E-state index is 13.9. The van der Waals surface area contributed by atoms with Crippen LogP contribution in [0.3, 0.4) is 0 Å². The van der Waals surface area contributed by atoms with Crippen LogP contribution in [0.2, 0.25) is 0 Å². The van der Waals surface area contributed by atoms with E-state index in [0.29, 0.717) is 16.6 Å². The molecule has 100 valence electrons. The summed E-state index contributed by atoms with van der Waals surface area (Å²) in [4.78, 5) is 0. The molecule has 0 aromatic heterocycles. The van der Waals surface area contributed by atoms with Crippen molar-refractivity contribution in [2.75, 3.05) is 0 Å². The summed E-state index contributed by atoms with van der Waals surface area (Å²) >= 11 is 3.26. The average Bonchev–Trinajstić information content (AvgIpc) is 2.38. The van der Waals surface area contributed by atoms with Crippen molar-refractivity contribution in [2.24, 2.45) is 0 Å². The zero-order valence-electron chi connectivity index (χ0n) is 10.4. The van der Waals surface area contributed by atoms with Crippen LogP contribution >= 0.6 is 15.9 Å². The third-order valence-corrected chi connectivity index (χ3v) is 3.32. The molecular weight excluding hydrogens is 311 g/mol. The summed E-state index contributed by atoms with van der Waals surface area (Å²) in [5.41, 5.74) is 1.48. The van der Waals surface area contributed by atoms with Crippen LogP contribution in [0.5, 0.6) is 5.75 Å². The zero-order valence-corrected chi connectivity index (χ0v) is 12.0. The largest absolute Gasteiger partial charge is 0.485 e. The molecule has 2 nitrogen and oxygen atoms in total. The van der Waals surface area contributed by atoms with Gasteiger partial charge in [0.15, 0.2) is 11.6 Å². The fourth-order valence-corrected chi connectivity index (χ4v) is 2.26. The number of ether oxygens (including phenoxy) is 1. The van der Waals surface area contributed by atoms with Crippen LogP contribution in [0.15, 0.2) is 46.9 Å². The maximum Gasteiger partial charge on any atom is 0.169 e. The van der Waals surface area contributed by atoms with E-state index < -0.39 is 11.9 Å². The summed E-state index contributed by atoms with van der Waals surface area (Å²) < 4.78 is 19.9. The third-order valence-electron chi connectivity index (χ3n) is 2.73. The maximum atomic E-state index is 13.9. The molecule has 1 atom stereocenters. The Morgan fingerprint density at radius 2 is 1.95 bits per heavy atom. The molecule has 0 bridgehead atoms. The lowest BCUT2D eigenvalue weighted by atomic mass is 10.1. The number of halogens is 2. The highest BCUT2D eigenvalue weighted by atomic mass is 79.9. The van der Waals surface area contributed by atoms with Gasteiger partial charge in [0.25, 0.3) is 0 Å². The first kappa shape index (κ1) is 14.0. The molecule has 4 heteroatoms. The Bertz CT molecular complexity index is 532. The van der Waals surface area contributed by atoms with Crippen molar-refractivity contribution in [3.05, 3.63) is 63.9 Å². The Kier molecular flexibility index (Phi) is 4.56. The summed E-state index contributed by atoms with van der Waals surface area (Å²) in [6, 6.07) is 12.5. The molecule has 0 saturated carbocycles. The van der Waals surface area contributed by atoms with Crippen molar-refractivity contribution in [1.82, 2.24) is 0 Å². The van der Waals surface area contributed by atoms with Gasteiger partial charge in [-0.15, -0.1) is 0 Å². The van der Waals surface area contributed by atoms with Gasteiger partial charge in [0.2, 0.25) is 0 Å². The fourth-order valence-electron chi connectivity index (χ4n) is 1.69. The molecule has 1 unspecified atom stereocenters. The van der Waals surface area contributed by atoms with Gasteiger partial charge in [0, 0.05) is 0 Å². The normalized spacial score (nSPS) is 12.2. The van der Waals surface area contributed by atoms with Crippen molar-refractivity contribution in [3.63, 3.8) is 0 Å². The Morgan fingerprint density at radius 1 is 1.26 bits per heavy atom. The first-order chi connectivity index (χ1) is 9.08. The van der Waals surface area contributed by atoms with Crippen LogP contribution in [0.25, 0.3) is 0 Å². The molecule has 2 rings (SSSR count). The third kappa shape index (κ3) is 3.55. The Morgan fingerprint density at radius 3 is 2.53 bits per heavy atom. The Balaban J connectivity index is 2.17. The van der Waals surface area contributed by atoms with Gasteiger partial charge in [-0.2, -0.15) is 0 Å². The molecule has 0 radical (unpaired) electrons. The standard InChI is InChI=1S/C15H14BrFO2/c1-10(18)12-7-13(16)15(14(17)8-12)19-9-11-5-3-2-4-6-11/h2-8,10,18H,9H2,1H3. The van der Waals surface area contributed by atoms with Crippen LogP contribution in [0.1, 0.15) is 24.2 Å². The second-order valence-corrected chi connectivity index (χ2v) is 5.12. The number of hydrogen-bond acceptors (Lipinski definition) is 2. The van der Waals surface area contributed by atoms with E-state index in [-0.39, 0.29) is 5.75 Å². The summed E-state index contributed by atoms with van der Waals surface area (Å²) in [6.07, 6.45) is -0.714. The number of rotatable bonds is 4. The summed E-state index contributed by atoms with van der Waals surface area (Å²) in [7, 11) is 0. The highest BCUT2D eigenvalue weighted by molar-refractivity contribution is 9.10. The molecule has 0 aliphatic rings. The quantitative estimate of drug-likeness (QED) is 0.912. The molecule has 0 aliphatic heterocycles. The highest BCUT2D eigenvalue weighted by Gasteiger charge is 2.13. The van der Waals surface area contributed by atoms with E-state index in [1.165, 1.54) is 6.07 Å². The summed E-state index contributed by atoms with van der Waals surface area (Å²) in [5, 5.41) is 9.44. The Hall–Kier alpha value is -1.39. The van der Waals surface area contributed by atoms with Gasteiger partial charge >= 0.3 is 0 Å². The monoisotopic (exact) mass is 324 g/mol. The lowest BCUT2D eigenvalue weighted by Crippen LogP contribution is -2.00. The van der Waals surface area contributed by atoms with Gasteiger partial charge in [0.05, 0.1) is 10.6 Å². The number of aliphatic hydroxyl groups excluding tert-OH is 1. The SMILES string of the molecule is CC(O)c1cc(F)c(OCc2ccccc2)c(Br)c1. The topological polar surface area (TPSA) is 29.5 Å². The van der Waals surface area contributed by atoms with Crippen molar-refractivity contribution >= 4 is 15.9 Å². The molecule has 2 aromatic rings. The molecule has 0 saturated heterocycles. The van der Waals surface area contributed by atoms with Gasteiger partial charge in [-0.3, -0.25) is 0 Å².